The number of halogens is 2. The van der Waals surface area contributed by atoms with E-state index >= 15 is 0 Å². The van der Waals surface area contributed by atoms with Crippen LogP contribution in [0.4, 0.5) is 0 Å². The Morgan fingerprint density at radius 1 is 0.786 bits per heavy atom. The van der Waals surface area contributed by atoms with Crippen LogP contribution in [0.1, 0.15) is 16.7 Å². The van der Waals surface area contributed by atoms with Crippen molar-refractivity contribution in [1.82, 2.24) is 5.32 Å². The molecule has 0 unspecified atom stereocenters. The van der Waals surface area contributed by atoms with Crippen LogP contribution in [-0.2, 0) is 19.7 Å². The largest absolute Gasteiger partial charge is 0.486 e. The van der Waals surface area contributed by atoms with Crippen molar-refractivity contribution < 1.29 is 14.2 Å². The lowest BCUT2D eigenvalue weighted by Gasteiger charge is -2.13. The zero-order chi connectivity index (χ0) is 19.3. The van der Waals surface area contributed by atoms with Crippen molar-refractivity contribution in [2.45, 2.75) is 19.7 Å². The van der Waals surface area contributed by atoms with Gasteiger partial charge in [0.05, 0.1) is 10.0 Å². The molecule has 0 saturated heterocycles. The van der Waals surface area contributed by atoms with E-state index in [2.05, 4.69) is 5.32 Å². The van der Waals surface area contributed by atoms with Gasteiger partial charge in [0.15, 0.2) is 17.2 Å². The Kier molecular flexibility index (Phi) is 5.91. The summed E-state index contributed by atoms with van der Waals surface area (Å²) in [7, 11) is 0. The van der Waals surface area contributed by atoms with Gasteiger partial charge in [-0.05, 0) is 41.0 Å². The van der Waals surface area contributed by atoms with E-state index in [9.17, 15) is 0 Å². The van der Waals surface area contributed by atoms with Gasteiger partial charge in [0.25, 0.3) is 0 Å². The van der Waals surface area contributed by atoms with Crippen LogP contribution in [0.3, 0.4) is 0 Å². The first-order chi connectivity index (χ1) is 13.7. The third-order valence-electron chi connectivity index (χ3n) is 4.38. The first-order valence-electron chi connectivity index (χ1n) is 8.93. The average molecular weight is 416 g/mol. The summed E-state index contributed by atoms with van der Waals surface area (Å²) >= 11 is 12.8. The quantitative estimate of drug-likeness (QED) is 0.545. The second kappa shape index (κ2) is 8.74. The van der Waals surface area contributed by atoms with Crippen LogP contribution < -0.4 is 19.5 Å². The van der Waals surface area contributed by atoms with E-state index in [-0.39, 0.29) is 6.79 Å². The van der Waals surface area contributed by atoms with E-state index < -0.39 is 0 Å². The van der Waals surface area contributed by atoms with Gasteiger partial charge >= 0.3 is 0 Å². The van der Waals surface area contributed by atoms with Crippen LogP contribution >= 0.6 is 23.2 Å². The van der Waals surface area contributed by atoms with Gasteiger partial charge in [-0.25, -0.2) is 0 Å². The highest BCUT2D eigenvalue weighted by Gasteiger charge is 2.13. The van der Waals surface area contributed by atoms with Crippen LogP contribution in [0.5, 0.6) is 17.2 Å². The molecule has 0 atom stereocenters. The monoisotopic (exact) mass is 415 g/mol. The summed E-state index contributed by atoms with van der Waals surface area (Å²) in [4.78, 5) is 0. The Labute approximate surface area is 173 Å². The summed E-state index contributed by atoms with van der Waals surface area (Å²) in [5.74, 6) is 2.07. The standard InChI is InChI=1S/C22H19Cl2NO3/c23-18-8-17(9-19(24)22(18)26-13-15-4-2-1-3-5-15)12-25-11-16-6-7-20-21(10-16)28-14-27-20/h1-10,25H,11-14H2. The summed E-state index contributed by atoms with van der Waals surface area (Å²) in [6.45, 7) is 2.02. The molecule has 28 heavy (non-hydrogen) atoms. The van der Waals surface area contributed by atoms with Crippen LogP contribution in [0.15, 0.2) is 60.7 Å². The predicted octanol–water partition coefficient (Wildman–Crippen LogP) is 5.59. The number of benzene rings is 3. The molecule has 0 aliphatic carbocycles. The maximum atomic E-state index is 6.39. The van der Waals surface area contributed by atoms with E-state index in [1.165, 1.54) is 0 Å². The van der Waals surface area contributed by atoms with Gasteiger partial charge in [0.2, 0.25) is 6.79 Å². The number of ether oxygens (including phenoxy) is 3. The van der Waals surface area contributed by atoms with Crippen molar-refractivity contribution >= 4 is 23.2 Å². The normalized spacial score (nSPS) is 12.2. The average Bonchev–Trinajstić information content (AvgIpc) is 3.16. The number of rotatable bonds is 7. The molecular weight excluding hydrogens is 397 g/mol. The molecule has 0 fully saturated rings. The van der Waals surface area contributed by atoms with E-state index in [4.69, 9.17) is 37.4 Å². The molecule has 1 aliphatic heterocycles. The van der Waals surface area contributed by atoms with E-state index in [0.717, 1.165) is 28.2 Å². The van der Waals surface area contributed by atoms with Crippen LogP contribution in [0, 0.1) is 0 Å². The Balaban J connectivity index is 1.35. The van der Waals surface area contributed by atoms with Gasteiger partial charge in [-0.1, -0.05) is 59.6 Å². The summed E-state index contributed by atoms with van der Waals surface area (Å²) in [5.41, 5.74) is 3.16. The molecule has 1 heterocycles. The van der Waals surface area contributed by atoms with Gasteiger partial charge < -0.3 is 19.5 Å². The summed E-state index contributed by atoms with van der Waals surface area (Å²) in [6, 6.07) is 19.6. The molecule has 4 rings (SSSR count). The zero-order valence-corrected chi connectivity index (χ0v) is 16.6. The Morgan fingerprint density at radius 3 is 2.29 bits per heavy atom. The lowest BCUT2D eigenvalue weighted by molar-refractivity contribution is 0.174. The van der Waals surface area contributed by atoms with E-state index in [1.807, 2.05) is 60.7 Å². The van der Waals surface area contributed by atoms with Crippen molar-refractivity contribution in [3.63, 3.8) is 0 Å². The first kappa shape index (κ1) is 18.9. The Morgan fingerprint density at radius 2 is 1.50 bits per heavy atom. The summed E-state index contributed by atoms with van der Waals surface area (Å²) in [5, 5.41) is 4.39. The fourth-order valence-corrected chi connectivity index (χ4v) is 3.63. The highest BCUT2D eigenvalue weighted by Crippen LogP contribution is 2.35. The smallest absolute Gasteiger partial charge is 0.231 e. The van der Waals surface area contributed by atoms with Crippen LogP contribution in [-0.4, -0.2) is 6.79 Å². The van der Waals surface area contributed by atoms with Crippen molar-refractivity contribution in [1.29, 1.82) is 0 Å². The zero-order valence-electron chi connectivity index (χ0n) is 15.1. The summed E-state index contributed by atoms with van der Waals surface area (Å²) in [6.07, 6.45) is 0. The molecule has 3 aromatic rings. The second-order valence-corrected chi connectivity index (χ2v) is 7.27. The SMILES string of the molecule is Clc1cc(CNCc2ccc3c(c2)OCO3)cc(Cl)c1OCc1ccccc1. The minimum absolute atomic E-state index is 0.280. The lowest BCUT2D eigenvalue weighted by Crippen LogP contribution is -2.12. The minimum atomic E-state index is 0.280. The fourth-order valence-electron chi connectivity index (χ4n) is 2.98. The number of nitrogens with one attached hydrogen (secondary N) is 1. The molecule has 1 N–H and O–H groups in total. The molecule has 0 radical (unpaired) electrons. The van der Waals surface area contributed by atoms with Gasteiger partial charge in [-0.15, -0.1) is 0 Å². The van der Waals surface area contributed by atoms with Crippen molar-refractivity contribution in [3.05, 3.63) is 87.4 Å². The molecule has 0 spiro atoms. The molecule has 0 bridgehead atoms. The van der Waals surface area contributed by atoms with E-state index in [0.29, 0.717) is 35.5 Å². The minimum Gasteiger partial charge on any atom is -0.486 e. The molecule has 4 nitrogen and oxygen atoms in total. The molecule has 3 aromatic carbocycles. The van der Waals surface area contributed by atoms with Crippen LogP contribution in [0.2, 0.25) is 10.0 Å². The fraction of sp³-hybridized carbons (Fsp3) is 0.182. The lowest BCUT2D eigenvalue weighted by atomic mass is 10.1. The molecule has 0 amide bonds. The van der Waals surface area contributed by atoms with Crippen LogP contribution in [0.25, 0.3) is 0 Å². The van der Waals surface area contributed by atoms with Crippen molar-refractivity contribution in [2.24, 2.45) is 0 Å². The molecular formula is C22H19Cl2NO3. The number of hydrogen-bond acceptors (Lipinski definition) is 4. The maximum Gasteiger partial charge on any atom is 0.231 e. The van der Waals surface area contributed by atoms with Gasteiger partial charge in [0.1, 0.15) is 6.61 Å². The molecule has 144 valence electrons. The molecule has 0 saturated carbocycles. The first-order valence-corrected chi connectivity index (χ1v) is 9.68. The number of fused-ring (bicyclic) bond motifs is 1. The predicted molar refractivity (Wildman–Crippen MR) is 110 cm³/mol. The molecule has 1 aliphatic rings. The number of hydrogen-bond donors (Lipinski definition) is 1. The summed E-state index contributed by atoms with van der Waals surface area (Å²) < 4.78 is 16.5. The van der Waals surface area contributed by atoms with Crippen molar-refractivity contribution in [3.8, 4) is 17.2 Å². The van der Waals surface area contributed by atoms with E-state index in [1.54, 1.807) is 0 Å². The highest BCUT2D eigenvalue weighted by molar-refractivity contribution is 6.37. The molecule has 6 heteroatoms. The maximum absolute atomic E-state index is 6.39. The van der Waals surface area contributed by atoms with Gasteiger partial charge in [-0.2, -0.15) is 0 Å². The highest BCUT2D eigenvalue weighted by atomic mass is 35.5. The Hall–Kier alpha value is -2.40. The Bertz CT molecular complexity index is 940. The van der Waals surface area contributed by atoms with Crippen molar-refractivity contribution in [2.75, 3.05) is 6.79 Å². The third-order valence-corrected chi connectivity index (χ3v) is 4.94. The van der Waals surface area contributed by atoms with Gasteiger partial charge in [0, 0.05) is 13.1 Å². The van der Waals surface area contributed by atoms with Gasteiger partial charge in [-0.3, -0.25) is 0 Å². The third kappa shape index (κ3) is 4.53. The molecule has 0 aromatic heterocycles. The second-order valence-electron chi connectivity index (χ2n) is 6.45. The topological polar surface area (TPSA) is 39.7 Å².